The fourth-order valence-corrected chi connectivity index (χ4v) is 10.3. The third-order valence-corrected chi connectivity index (χ3v) is 13.1. The summed E-state index contributed by atoms with van der Waals surface area (Å²) in [5.41, 5.74) is 19.4. The molecule has 8 aromatic rings. The lowest BCUT2D eigenvalue weighted by Crippen LogP contribution is -2.16. The molecule has 0 atom stereocenters. The molecular weight excluding hydrogens is 675 g/mol. The van der Waals surface area contributed by atoms with E-state index in [1.165, 1.54) is 94.0 Å². The number of benzene rings is 8. The van der Waals surface area contributed by atoms with Crippen LogP contribution in [0.25, 0.3) is 54.9 Å². The van der Waals surface area contributed by atoms with Gasteiger partial charge in [0.25, 0.3) is 0 Å². The largest absolute Gasteiger partial charge is 0.310 e. The molecule has 2 aliphatic carbocycles. The average molecular weight is 724 g/mol. The Labute approximate surface area is 332 Å². The van der Waals surface area contributed by atoms with E-state index >= 15 is 0 Å². The van der Waals surface area contributed by atoms with Crippen LogP contribution in [0.3, 0.4) is 0 Å². The van der Waals surface area contributed by atoms with Gasteiger partial charge in [0.15, 0.2) is 0 Å². The Bertz CT molecular complexity index is 2900. The first kappa shape index (κ1) is 34.6. The number of nitrogens with zero attached hydrogens (tertiary/aromatic N) is 1. The van der Waals surface area contributed by atoms with Crippen molar-refractivity contribution in [2.75, 3.05) is 4.90 Å². The molecule has 0 spiro atoms. The van der Waals surface area contributed by atoms with Crippen molar-refractivity contribution < 1.29 is 0 Å². The van der Waals surface area contributed by atoms with Gasteiger partial charge in [0.2, 0.25) is 0 Å². The Hall–Kier alpha value is -5.92. The molecule has 8 aromatic carbocycles. The lowest BCUT2D eigenvalue weighted by Gasteiger charge is -2.31. The Kier molecular flexibility index (Phi) is 7.43. The second-order valence-corrected chi connectivity index (χ2v) is 18.2. The molecule has 0 saturated heterocycles. The van der Waals surface area contributed by atoms with Crippen molar-refractivity contribution in [1.29, 1.82) is 0 Å². The minimum atomic E-state index is -0.126. The van der Waals surface area contributed by atoms with E-state index in [0.29, 0.717) is 0 Å². The maximum atomic E-state index is 2.53. The van der Waals surface area contributed by atoms with E-state index in [2.05, 4.69) is 212 Å². The zero-order valence-electron chi connectivity index (χ0n) is 33.9. The van der Waals surface area contributed by atoms with Crippen molar-refractivity contribution in [3.8, 4) is 33.4 Å². The molecule has 0 fully saturated rings. The van der Waals surface area contributed by atoms with Gasteiger partial charge in [-0.15, -0.1) is 0 Å². The van der Waals surface area contributed by atoms with E-state index in [1.54, 1.807) is 0 Å². The lowest BCUT2D eigenvalue weighted by atomic mass is 9.80. The van der Waals surface area contributed by atoms with E-state index in [-0.39, 0.29) is 16.2 Å². The van der Waals surface area contributed by atoms with Gasteiger partial charge in [0.1, 0.15) is 0 Å². The van der Waals surface area contributed by atoms with Gasteiger partial charge in [-0.1, -0.05) is 170 Å². The fraction of sp³-hybridized carbons (Fsp3) is 0.200. The minimum Gasteiger partial charge on any atom is -0.310 e. The van der Waals surface area contributed by atoms with Crippen LogP contribution in [-0.4, -0.2) is 0 Å². The highest BCUT2D eigenvalue weighted by atomic mass is 15.1. The molecule has 0 radical (unpaired) electrons. The van der Waals surface area contributed by atoms with Gasteiger partial charge in [-0.3, -0.25) is 0 Å². The lowest BCUT2D eigenvalue weighted by molar-refractivity contribution is 0.590. The first-order valence-corrected chi connectivity index (χ1v) is 20.2. The van der Waals surface area contributed by atoms with Gasteiger partial charge in [0.05, 0.1) is 5.69 Å². The second kappa shape index (κ2) is 12.0. The van der Waals surface area contributed by atoms with Crippen LogP contribution in [0.4, 0.5) is 17.1 Å². The monoisotopic (exact) mass is 723 g/mol. The molecule has 1 heteroatoms. The highest BCUT2D eigenvalue weighted by molar-refractivity contribution is 6.11. The molecule has 0 aromatic heterocycles. The first-order valence-electron chi connectivity index (χ1n) is 20.2. The Morgan fingerprint density at radius 3 is 1.91 bits per heavy atom. The predicted octanol–water partition coefficient (Wildman–Crippen LogP) is 15.3. The zero-order valence-corrected chi connectivity index (χ0v) is 33.9. The Balaban J connectivity index is 1.29. The normalized spacial score (nSPS) is 14.7. The summed E-state index contributed by atoms with van der Waals surface area (Å²) in [5.74, 6) is 0. The summed E-state index contributed by atoms with van der Waals surface area (Å²) in [4.78, 5) is 2.53. The quantitative estimate of drug-likeness (QED) is 0.175. The summed E-state index contributed by atoms with van der Waals surface area (Å²) in [7, 11) is 0. The van der Waals surface area contributed by atoms with Crippen LogP contribution in [0.5, 0.6) is 0 Å². The SMILES string of the molecule is Cc1cccc2ccc(N(c3ccc(C(C)(C)C)cc3)c3ccc4c(c3)-c3ccc5ccccc5c3C4(C)C)c(-c3cccc4c3-c3ccccc3C4(C)C)c12. The summed E-state index contributed by atoms with van der Waals surface area (Å²) in [6.07, 6.45) is 0. The maximum absolute atomic E-state index is 2.53. The van der Waals surface area contributed by atoms with Crippen molar-refractivity contribution in [1.82, 2.24) is 0 Å². The van der Waals surface area contributed by atoms with E-state index in [1.807, 2.05) is 0 Å². The number of anilines is 3. The number of hydrogen-bond donors (Lipinski definition) is 0. The number of aryl methyl sites for hydroxylation is 1. The first-order chi connectivity index (χ1) is 26.9. The highest BCUT2D eigenvalue weighted by Gasteiger charge is 2.39. The Morgan fingerprint density at radius 2 is 1.11 bits per heavy atom. The number of hydrogen-bond acceptors (Lipinski definition) is 1. The van der Waals surface area contributed by atoms with Gasteiger partial charge in [-0.05, 0) is 125 Å². The van der Waals surface area contributed by atoms with Gasteiger partial charge in [-0.2, -0.15) is 0 Å². The molecule has 2 aliphatic rings. The van der Waals surface area contributed by atoms with E-state index in [4.69, 9.17) is 0 Å². The fourth-order valence-electron chi connectivity index (χ4n) is 10.3. The van der Waals surface area contributed by atoms with Crippen molar-refractivity contribution in [3.63, 3.8) is 0 Å². The van der Waals surface area contributed by atoms with Gasteiger partial charge in [-0.25, -0.2) is 0 Å². The maximum Gasteiger partial charge on any atom is 0.0546 e. The molecule has 0 N–H and O–H groups in total. The zero-order chi connectivity index (χ0) is 38.7. The molecule has 274 valence electrons. The molecule has 0 amide bonds. The van der Waals surface area contributed by atoms with Gasteiger partial charge < -0.3 is 4.90 Å². The van der Waals surface area contributed by atoms with E-state index in [0.717, 1.165) is 11.4 Å². The summed E-state index contributed by atoms with van der Waals surface area (Å²) < 4.78 is 0. The summed E-state index contributed by atoms with van der Waals surface area (Å²) in [5, 5.41) is 5.20. The van der Waals surface area contributed by atoms with Crippen LogP contribution in [0.15, 0.2) is 152 Å². The molecular formula is C55H49N. The van der Waals surface area contributed by atoms with Crippen LogP contribution in [0, 0.1) is 6.92 Å². The molecule has 0 unspecified atom stereocenters. The Morgan fingerprint density at radius 1 is 0.464 bits per heavy atom. The third kappa shape index (κ3) is 4.93. The molecule has 10 rings (SSSR count). The molecule has 0 bridgehead atoms. The van der Waals surface area contributed by atoms with Crippen LogP contribution < -0.4 is 4.90 Å². The summed E-state index contributed by atoms with van der Waals surface area (Å²) in [6, 6.07) is 57.6. The van der Waals surface area contributed by atoms with Crippen LogP contribution in [-0.2, 0) is 16.2 Å². The topological polar surface area (TPSA) is 3.24 Å². The molecule has 0 saturated carbocycles. The van der Waals surface area contributed by atoms with Crippen molar-refractivity contribution in [2.45, 2.75) is 71.6 Å². The van der Waals surface area contributed by atoms with Crippen LogP contribution >= 0.6 is 0 Å². The number of fused-ring (bicyclic) bond motifs is 9. The molecule has 0 heterocycles. The van der Waals surface area contributed by atoms with Gasteiger partial charge >= 0.3 is 0 Å². The van der Waals surface area contributed by atoms with Gasteiger partial charge in [0, 0.05) is 27.8 Å². The summed E-state index contributed by atoms with van der Waals surface area (Å²) in [6.45, 7) is 18.7. The molecule has 56 heavy (non-hydrogen) atoms. The summed E-state index contributed by atoms with van der Waals surface area (Å²) >= 11 is 0. The smallest absolute Gasteiger partial charge is 0.0546 e. The average Bonchev–Trinajstić information content (AvgIpc) is 3.57. The van der Waals surface area contributed by atoms with Crippen LogP contribution in [0.1, 0.15) is 81.8 Å². The predicted molar refractivity (Wildman–Crippen MR) is 240 cm³/mol. The van der Waals surface area contributed by atoms with Crippen molar-refractivity contribution in [3.05, 3.63) is 185 Å². The van der Waals surface area contributed by atoms with Crippen molar-refractivity contribution in [2.24, 2.45) is 0 Å². The third-order valence-electron chi connectivity index (χ3n) is 13.1. The number of rotatable bonds is 4. The molecule has 1 nitrogen and oxygen atoms in total. The molecule has 0 aliphatic heterocycles. The van der Waals surface area contributed by atoms with E-state index in [9.17, 15) is 0 Å². The minimum absolute atomic E-state index is 0.0466. The van der Waals surface area contributed by atoms with Crippen molar-refractivity contribution >= 4 is 38.6 Å². The highest BCUT2D eigenvalue weighted by Crippen LogP contribution is 2.57. The second-order valence-electron chi connectivity index (χ2n) is 18.2. The van der Waals surface area contributed by atoms with Crippen LogP contribution in [0.2, 0.25) is 0 Å². The van der Waals surface area contributed by atoms with E-state index < -0.39 is 0 Å². The standard InChI is InChI=1S/C55H49N/c1-34-15-13-17-36-24-32-48(51(49(34)36)43-20-14-22-47-50(43)42-19-11-12-21-45(42)54(47,5)6)56(38-27-25-37(26-28-38)53(2,3)4)39-29-31-46-44(33-39)41-30-23-35-16-9-10-18-40(35)52(41)55(46,7)8/h9-33H,1-8H3.